The number of nitro groups is 1. The van der Waals surface area contributed by atoms with Crippen LogP contribution in [0, 0.1) is 23.0 Å². The number of hydrogen-bond acceptors (Lipinski definition) is 7. The number of anilines is 1. The molecule has 2 heterocycles. The summed E-state index contributed by atoms with van der Waals surface area (Å²) >= 11 is 0. The molecule has 26 heavy (non-hydrogen) atoms. The zero-order valence-electron chi connectivity index (χ0n) is 14.5. The summed E-state index contributed by atoms with van der Waals surface area (Å²) in [6.45, 7) is 3.35. The minimum absolute atomic E-state index is 0.0378. The molecule has 0 saturated carbocycles. The van der Waals surface area contributed by atoms with Crippen LogP contribution in [0.5, 0.6) is 5.75 Å². The summed E-state index contributed by atoms with van der Waals surface area (Å²) in [5.41, 5.74) is 1.53. The number of aryl methyl sites for hydroxylation is 1. The molecule has 1 aliphatic heterocycles. The van der Waals surface area contributed by atoms with Gasteiger partial charge in [-0.1, -0.05) is 0 Å². The van der Waals surface area contributed by atoms with E-state index < -0.39 is 4.92 Å². The fraction of sp³-hybridized carbons (Fsp3) is 0.389. The van der Waals surface area contributed by atoms with E-state index in [0.29, 0.717) is 30.1 Å². The van der Waals surface area contributed by atoms with Crippen LogP contribution in [0.4, 0.5) is 11.4 Å². The van der Waals surface area contributed by atoms with Gasteiger partial charge in [-0.2, -0.15) is 0 Å². The minimum atomic E-state index is -0.400. The molecule has 1 aromatic carbocycles. The van der Waals surface area contributed by atoms with Crippen LogP contribution < -0.4 is 4.90 Å². The van der Waals surface area contributed by atoms with Gasteiger partial charge >= 0.3 is 0 Å². The van der Waals surface area contributed by atoms with Crippen molar-refractivity contribution in [3.05, 3.63) is 51.6 Å². The summed E-state index contributed by atoms with van der Waals surface area (Å²) < 4.78 is 0. The van der Waals surface area contributed by atoms with Gasteiger partial charge in [0, 0.05) is 37.3 Å². The predicted octanol–water partition coefficient (Wildman–Crippen LogP) is 2.67. The van der Waals surface area contributed by atoms with E-state index in [1.807, 2.05) is 0 Å². The van der Waals surface area contributed by atoms with Crippen molar-refractivity contribution in [1.82, 2.24) is 9.97 Å². The first kappa shape index (κ1) is 17.8. The Balaban J connectivity index is 1.61. The maximum absolute atomic E-state index is 11.0. The SMILES string of the molecule is Cc1nc(CC2CCN(c3ccc([N+](=O)[O-])cc3)CC2)nc(C=O)c1O. The van der Waals surface area contributed by atoms with Crippen LogP contribution in [0.1, 0.15) is 34.8 Å². The molecular weight excluding hydrogens is 336 g/mol. The lowest BCUT2D eigenvalue weighted by Gasteiger charge is -2.33. The number of nitrogens with zero attached hydrogens (tertiary/aromatic N) is 4. The number of aldehydes is 1. The maximum Gasteiger partial charge on any atom is 0.269 e. The van der Waals surface area contributed by atoms with Gasteiger partial charge in [0.15, 0.2) is 12.0 Å². The van der Waals surface area contributed by atoms with E-state index in [4.69, 9.17) is 0 Å². The van der Waals surface area contributed by atoms with Crippen LogP contribution in [0.3, 0.4) is 0 Å². The molecule has 0 radical (unpaired) electrons. The van der Waals surface area contributed by atoms with Crippen molar-refractivity contribution < 1.29 is 14.8 Å². The number of carbonyl (C=O) groups is 1. The molecule has 1 N–H and O–H groups in total. The second-order valence-electron chi connectivity index (χ2n) is 6.48. The van der Waals surface area contributed by atoms with Crippen molar-refractivity contribution in [2.75, 3.05) is 18.0 Å². The molecule has 1 aromatic heterocycles. The highest BCUT2D eigenvalue weighted by Gasteiger charge is 2.22. The molecule has 8 heteroatoms. The Hall–Kier alpha value is -3.03. The van der Waals surface area contributed by atoms with Gasteiger partial charge in [-0.3, -0.25) is 14.9 Å². The molecule has 1 saturated heterocycles. The molecular formula is C18H20N4O4. The molecule has 3 rings (SSSR count). The normalized spacial score (nSPS) is 15.0. The van der Waals surface area contributed by atoms with Crippen LogP contribution in [0.15, 0.2) is 24.3 Å². The highest BCUT2D eigenvalue weighted by atomic mass is 16.6. The van der Waals surface area contributed by atoms with Crippen molar-refractivity contribution >= 4 is 17.7 Å². The van der Waals surface area contributed by atoms with E-state index >= 15 is 0 Å². The third-order valence-electron chi connectivity index (χ3n) is 4.75. The van der Waals surface area contributed by atoms with Gasteiger partial charge in [-0.05, 0) is 37.8 Å². The standard InChI is InChI=1S/C18H20N4O4/c1-12-18(24)16(11-23)20-17(19-12)10-13-6-8-21(9-7-13)14-2-4-15(5-3-14)22(25)26/h2-5,11,13,24H,6-10H2,1H3. The summed E-state index contributed by atoms with van der Waals surface area (Å²) in [6, 6.07) is 6.60. The lowest BCUT2D eigenvalue weighted by atomic mass is 9.93. The Morgan fingerprint density at radius 2 is 1.92 bits per heavy atom. The van der Waals surface area contributed by atoms with Gasteiger partial charge in [-0.15, -0.1) is 0 Å². The molecule has 0 bridgehead atoms. The summed E-state index contributed by atoms with van der Waals surface area (Å²) in [6.07, 6.45) is 3.09. The summed E-state index contributed by atoms with van der Waals surface area (Å²) in [5, 5.41) is 20.5. The van der Waals surface area contributed by atoms with Gasteiger partial charge in [0.25, 0.3) is 5.69 Å². The number of benzene rings is 1. The van der Waals surface area contributed by atoms with Gasteiger partial charge < -0.3 is 10.0 Å². The van der Waals surface area contributed by atoms with Gasteiger partial charge in [0.05, 0.1) is 10.6 Å². The first-order valence-corrected chi connectivity index (χ1v) is 8.49. The van der Waals surface area contributed by atoms with Crippen molar-refractivity contribution in [2.24, 2.45) is 5.92 Å². The Labute approximate surface area is 150 Å². The summed E-state index contributed by atoms with van der Waals surface area (Å²) in [4.78, 5) is 32.0. The Morgan fingerprint density at radius 1 is 1.27 bits per heavy atom. The molecule has 136 valence electrons. The first-order chi connectivity index (χ1) is 12.5. The average molecular weight is 356 g/mol. The highest BCUT2D eigenvalue weighted by molar-refractivity contribution is 5.76. The number of aromatic hydroxyl groups is 1. The quantitative estimate of drug-likeness (QED) is 0.498. The molecule has 0 amide bonds. The molecule has 2 aromatic rings. The number of non-ortho nitro benzene ring substituents is 1. The predicted molar refractivity (Wildman–Crippen MR) is 95.6 cm³/mol. The fourth-order valence-corrected chi connectivity index (χ4v) is 3.26. The van der Waals surface area contributed by atoms with E-state index in [1.54, 1.807) is 19.1 Å². The van der Waals surface area contributed by atoms with Gasteiger partial charge in [0.1, 0.15) is 11.5 Å². The van der Waals surface area contributed by atoms with Crippen LogP contribution in [0.25, 0.3) is 0 Å². The van der Waals surface area contributed by atoms with E-state index in [2.05, 4.69) is 14.9 Å². The molecule has 0 spiro atoms. The lowest BCUT2D eigenvalue weighted by molar-refractivity contribution is -0.384. The Bertz CT molecular complexity index is 815. The third kappa shape index (κ3) is 3.79. The smallest absolute Gasteiger partial charge is 0.269 e. The van der Waals surface area contributed by atoms with E-state index in [1.165, 1.54) is 12.1 Å². The minimum Gasteiger partial charge on any atom is -0.504 e. The van der Waals surface area contributed by atoms with Crippen molar-refractivity contribution in [3.63, 3.8) is 0 Å². The molecule has 8 nitrogen and oxygen atoms in total. The molecule has 1 aliphatic rings. The summed E-state index contributed by atoms with van der Waals surface area (Å²) in [5.74, 6) is 0.820. The number of rotatable bonds is 5. The lowest BCUT2D eigenvalue weighted by Crippen LogP contribution is -2.34. The van der Waals surface area contributed by atoms with Crippen LogP contribution in [0.2, 0.25) is 0 Å². The maximum atomic E-state index is 11.0. The molecule has 1 fully saturated rings. The summed E-state index contributed by atoms with van der Waals surface area (Å²) in [7, 11) is 0. The third-order valence-corrected chi connectivity index (χ3v) is 4.75. The highest BCUT2D eigenvalue weighted by Crippen LogP contribution is 2.27. The van der Waals surface area contributed by atoms with Gasteiger partial charge in [0.2, 0.25) is 0 Å². The molecule has 0 aliphatic carbocycles. The molecule has 0 atom stereocenters. The topological polar surface area (TPSA) is 109 Å². The zero-order chi connectivity index (χ0) is 18.7. The number of piperidine rings is 1. The van der Waals surface area contributed by atoms with E-state index in [-0.39, 0.29) is 17.1 Å². The van der Waals surface area contributed by atoms with Crippen LogP contribution >= 0.6 is 0 Å². The van der Waals surface area contributed by atoms with Crippen LogP contribution in [-0.2, 0) is 6.42 Å². The Kier molecular flexibility index (Phi) is 5.11. The second kappa shape index (κ2) is 7.47. The first-order valence-electron chi connectivity index (χ1n) is 8.49. The number of aromatic nitrogens is 2. The Morgan fingerprint density at radius 3 is 2.50 bits per heavy atom. The van der Waals surface area contributed by atoms with Crippen molar-refractivity contribution in [2.45, 2.75) is 26.2 Å². The second-order valence-corrected chi connectivity index (χ2v) is 6.48. The monoisotopic (exact) mass is 356 g/mol. The largest absolute Gasteiger partial charge is 0.504 e. The average Bonchev–Trinajstić information content (AvgIpc) is 2.65. The number of nitro benzene ring substituents is 1. The number of hydrogen-bond donors (Lipinski definition) is 1. The van der Waals surface area contributed by atoms with E-state index in [0.717, 1.165) is 31.6 Å². The number of carbonyl (C=O) groups excluding carboxylic acids is 1. The molecule has 0 unspecified atom stereocenters. The van der Waals surface area contributed by atoms with E-state index in [9.17, 15) is 20.0 Å². The zero-order valence-corrected chi connectivity index (χ0v) is 14.5. The van der Waals surface area contributed by atoms with Crippen molar-refractivity contribution in [3.8, 4) is 5.75 Å². The fourth-order valence-electron chi connectivity index (χ4n) is 3.26. The van der Waals surface area contributed by atoms with Crippen LogP contribution in [-0.4, -0.2) is 39.4 Å². The van der Waals surface area contributed by atoms with Gasteiger partial charge in [-0.25, -0.2) is 9.97 Å². The van der Waals surface area contributed by atoms with Crippen molar-refractivity contribution in [1.29, 1.82) is 0 Å².